The average Bonchev–Trinajstić information content (AvgIpc) is 2.48. The van der Waals surface area contributed by atoms with Gasteiger partial charge in [-0.2, -0.15) is 0 Å². The zero-order valence-electron chi connectivity index (χ0n) is 14.1. The highest BCUT2D eigenvalue weighted by Crippen LogP contribution is 2.23. The summed E-state index contributed by atoms with van der Waals surface area (Å²) in [6, 6.07) is 6.15. The first-order chi connectivity index (χ1) is 11.0. The molecular formula is C18H28N2O3. The number of hydrogen-bond acceptors (Lipinski definition) is 4. The van der Waals surface area contributed by atoms with Gasteiger partial charge in [0.25, 0.3) is 0 Å². The maximum absolute atomic E-state index is 11.2. The number of aliphatic hydroxyl groups excluding tert-OH is 1. The number of ether oxygens (including phenoxy) is 1. The summed E-state index contributed by atoms with van der Waals surface area (Å²) in [5, 5.41) is 10.3. The number of nitrogens with zero attached hydrogens (tertiary/aromatic N) is 1. The number of carbonyl (C=O) groups excluding carboxylic acids is 1. The van der Waals surface area contributed by atoms with Gasteiger partial charge in [0.1, 0.15) is 18.5 Å². The highest BCUT2D eigenvalue weighted by molar-refractivity contribution is 5.74. The molecule has 2 rings (SSSR count). The molecule has 1 aliphatic heterocycles. The van der Waals surface area contributed by atoms with Crippen LogP contribution in [0.25, 0.3) is 0 Å². The normalized spacial score (nSPS) is 20.2. The van der Waals surface area contributed by atoms with Gasteiger partial charge in [-0.3, -0.25) is 9.69 Å². The van der Waals surface area contributed by atoms with Crippen molar-refractivity contribution in [2.45, 2.75) is 51.7 Å². The van der Waals surface area contributed by atoms with Gasteiger partial charge in [0.05, 0.1) is 0 Å². The summed E-state index contributed by atoms with van der Waals surface area (Å²) in [4.78, 5) is 13.4. The number of aryl methyl sites for hydroxylation is 2. The lowest BCUT2D eigenvalue weighted by Crippen LogP contribution is -2.46. The molecule has 1 aromatic rings. The molecule has 0 radical (unpaired) electrons. The number of para-hydroxylation sites is 1. The van der Waals surface area contributed by atoms with Crippen molar-refractivity contribution < 1.29 is 14.6 Å². The number of piperidine rings is 1. The van der Waals surface area contributed by atoms with E-state index in [2.05, 4.69) is 4.90 Å². The molecule has 2 unspecified atom stereocenters. The number of amides is 1. The molecule has 2 atom stereocenters. The first-order valence-electron chi connectivity index (χ1n) is 8.37. The number of rotatable bonds is 7. The quantitative estimate of drug-likeness (QED) is 0.803. The van der Waals surface area contributed by atoms with Crippen LogP contribution in [0.4, 0.5) is 0 Å². The minimum absolute atomic E-state index is 0.149. The molecule has 5 nitrogen and oxygen atoms in total. The van der Waals surface area contributed by atoms with E-state index >= 15 is 0 Å². The smallest absolute Gasteiger partial charge is 0.218 e. The highest BCUT2D eigenvalue weighted by atomic mass is 16.5. The zero-order chi connectivity index (χ0) is 16.8. The molecule has 1 saturated heterocycles. The number of carbonyl (C=O) groups is 1. The van der Waals surface area contributed by atoms with Crippen molar-refractivity contribution in [1.82, 2.24) is 4.90 Å². The summed E-state index contributed by atoms with van der Waals surface area (Å²) >= 11 is 0. The average molecular weight is 320 g/mol. The third kappa shape index (κ3) is 5.22. The third-order valence-electron chi connectivity index (χ3n) is 4.46. The van der Waals surface area contributed by atoms with Crippen molar-refractivity contribution in [3.63, 3.8) is 0 Å². The van der Waals surface area contributed by atoms with Gasteiger partial charge < -0.3 is 15.6 Å². The maximum Gasteiger partial charge on any atom is 0.218 e. The molecular weight excluding hydrogens is 292 g/mol. The van der Waals surface area contributed by atoms with E-state index < -0.39 is 6.10 Å². The summed E-state index contributed by atoms with van der Waals surface area (Å²) in [5.41, 5.74) is 7.47. The standard InChI is InChI=1S/C18H28N2O3/c1-13-6-5-7-14(2)18(13)23-12-16(21)11-20-9-4-3-8-15(20)10-17(19)22/h5-7,15-16,21H,3-4,8-12H2,1-2H3,(H2,19,22). The largest absolute Gasteiger partial charge is 0.490 e. The first kappa shape index (κ1) is 17.8. The van der Waals surface area contributed by atoms with Crippen LogP contribution in [0.3, 0.4) is 0 Å². The topological polar surface area (TPSA) is 75.8 Å². The number of hydrogen-bond donors (Lipinski definition) is 2. The molecule has 1 aromatic carbocycles. The van der Waals surface area contributed by atoms with Crippen molar-refractivity contribution in [3.8, 4) is 5.75 Å². The Morgan fingerprint density at radius 1 is 1.39 bits per heavy atom. The SMILES string of the molecule is Cc1cccc(C)c1OCC(O)CN1CCCCC1CC(N)=O. The van der Waals surface area contributed by atoms with E-state index in [1.165, 1.54) is 0 Å². The molecule has 0 bridgehead atoms. The van der Waals surface area contributed by atoms with Crippen molar-refractivity contribution in [2.75, 3.05) is 19.7 Å². The van der Waals surface area contributed by atoms with Crippen LogP contribution >= 0.6 is 0 Å². The van der Waals surface area contributed by atoms with Gasteiger partial charge in [0.15, 0.2) is 0 Å². The van der Waals surface area contributed by atoms with Gasteiger partial charge >= 0.3 is 0 Å². The van der Waals surface area contributed by atoms with E-state index in [0.29, 0.717) is 13.0 Å². The Hall–Kier alpha value is -1.59. The number of nitrogens with two attached hydrogens (primary N) is 1. The Morgan fingerprint density at radius 2 is 2.09 bits per heavy atom. The predicted molar refractivity (Wildman–Crippen MR) is 90.4 cm³/mol. The van der Waals surface area contributed by atoms with E-state index in [-0.39, 0.29) is 18.6 Å². The molecule has 23 heavy (non-hydrogen) atoms. The summed E-state index contributed by atoms with van der Waals surface area (Å²) < 4.78 is 5.82. The van der Waals surface area contributed by atoms with Crippen LogP contribution in [0, 0.1) is 13.8 Å². The van der Waals surface area contributed by atoms with Crippen LogP contribution in [0.1, 0.15) is 36.8 Å². The molecule has 1 heterocycles. The van der Waals surface area contributed by atoms with E-state index in [1.54, 1.807) is 0 Å². The number of aliphatic hydroxyl groups is 1. The van der Waals surface area contributed by atoms with Crippen molar-refractivity contribution in [3.05, 3.63) is 29.3 Å². The number of likely N-dealkylation sites (tertiary alicyclic amines) is 1. The molecule has 5 heteroatoms. The van der Waals surface area contributed by atoms with Crippen LogP contribution in [-0.2, 0) is 4.79 Å². The minimum atomic E-state index is -0.581. The van der Waals surface area contributed by atoms with Crippen molar-refractivity contribution >= 4 is 5.91 Å². The monoisotopic (exact) mass is 320 g/mol. The van der Waals surface area contributed by atoms with E-state index in [1.807, 2.05) is 32.0 Å². The minimum Gasteiger partial charge on any atom is -0.490 e. The van der Waals surface area contributed by atoms with Crippen molar-refractivity contribution in [1.29, 1.82) is 0 Å². The lowest BCUT2D eigenvalue weighted by atomic mass is 9.98. The van der Waals surface area contributed by atoms with Gasteiger partial charge in [-0.05, 0) is 44.4 Å². The van der Waals surface area contributed by atoms with Gasteiger partial charge in [0, 0.05) is 19.0 Å². The summed E-state index contributed by atoms with van der Waals surface area (Å²) in [6.07, 6.45) is 2.96. The molecule has 0 aliphatic carbocycles. The Labute approximate surface area is 138 Å². The second-order valence-corrected chi connectivity index (χ2v) is 6.50. The first-order valence-corrected chi connectivity index (χ1v) is 8.37. The van der Waals surface area contributed by atoms with Gasteiger partial charge in [-0.1, -0.05) is 24.6 Å². The summed E-state index contributed by atoms with van der Waals surface area (Å²) in [5.74, 6) is 0.571. The van der Waals surface area contributed by atoms with E-state index in [4.69, 9.17) is 10.5 Å². The lowest BCUT2D eigenvalue weighted by molar-refractivity contribution is -0.119. The van der Waals surface area contributed by atoms with Gasteiger partial charge in [0.2, 0.25) is 5.91 Å². The Balaban J connectivity index is 1.88. The van der Waals surface area contributed by atoms with Crippen LogP contribution in [0.5, 0.6) is 5.75 Å². The second kappa shape index (κ2) is 8.31. The Bertz CT molecular complexity index is 513. The fraction of sp³-hybridized carbons (Fsp3) is 0.611. The molecule has 1 fully saturated rings. The molecule has 1 amide bonds. The van der Waals surface area contributed by atoms with Crippen LogP contribution < -0.4 is 10.5 Å². The molecule has 3 N–H and O–H groups in total. The Morgan fingerprint density at radius 3 is 2.74 bits per heavy atom. The van der Waals surface area contributed by atoms with E-state index in [0.717, 1.165) is 42.7 Å². The molecule has 128 valence electrons. The second-order valence-electron chi connectivity index (χ2n) is 6.50. The number of benzene rings is 1. The fourth-order valence-electron chi connectivity index (χ4n) is 3.29. The summed E-state index contributed by atoms with van der Waals surface area (Å²) in [7, 11) is 0. The fourth-order valence-corrected chi connectivity index (χ4v) is 3.29. The number of β-amino-alcohol motifs (C(OH)–C–C–N with tert-alkyl or cyclic N) is 1. The number of primary amides is 1. The maximum atomic E-state index is 11.2. The van der Waals surface area contributed by atoms with Gasteiger partial charge in [-0.25, -0.2) is 0 Å². The molecule has 1 aliphatic rings. The van der Waals surface area contributed by atoms with E-state index in [9.17, 15) is 9.90 Å². The Kier molecular flexibility index (Phi) is 6.42. The molecule has 0 spiro atoms. The highest BCUT2D eigenvalue weighted by Gasteiger charge is 2.25. The molecule has 0 saturated carbocycles. The summed E-state index contributed by atoms with van der Waals surface area (Å²) in [6.45, 7) is 5.68. The van der Waals surface area contributed by atoms with Crippen LogP contribution in [0.2, 0.25) is 0 Å². The van der Waals surface area contributed by atoms with Crippen LogP contribution in [0.15, 0.2) is 18.2 Å². The zero-order valence-corrected chi connectivity index (χ0v) is 14.1. The van der Waals surface area contributed by atoms with Crippen molar-refractivity contribution in [2.24, 2.45) is 5.73 Å². The van der Waals surface area contributed by atoms with Crippen LogP contribution in [-0.4, -0.2) is 47.8 Å². The molecule has 0 aromatic heterocycles. The lowest BCUT2D eigenvalue weighted by Gasteiger charge is -2.36. The van der Waals surface area contributed by atoms with Gasteiger partial charge in [-0.15, -0.1) is 0 Å². The third-order valence-corrected chi connectivity index (χ3v) is 4.46. The predicted octanol–water partition coefficient (Wildman–Crippen LogP) is 1.77.